The molecule has 19 heavy (non-hydrogen) atoms. The summed E-state index contributed by atoms with van der Waals surface area (Å²) in [5.41, 5.74) is 0. The molecule has 8 heteroatoms. The highest BCUT2D eigenvalue weighted by Gasteiger charge is 2.59. The number of ether oxygens (including phenoxy) is 5. The molecule has 3 fully saturated rings. The predicted octanol–water partition coefficient (Wildman–Crippen LogP) is -2.42. The zero-order valence-corrected chi connectivity index (χ0v) is 10.4. The summed E-state index contributed by atoms with van der Waals surface area (Å²) < 4.78 is 26.5. The molecule has 3 aliphatic heterocycles. The average Bonchev–Trinajstić information content (AvgIpc) is 3.07. The minimum absolute atomic E-state index is 0.0520. The topological polar surface area (TPSA) is 110 Å². The molecule has 110 valence electrons. The van der Waals surface area contributed by atoms with E-state index in [0.717, 1.165) is 0 Å². The van der Waals surface area contributed by atoms with Gasteiger partial charge >= 0.3 is 0 Å². The largest absolute Gasteiger partial charge is 0.394 e. The molecule has 3 N–H and O–H groups in total. The first kappa shape index (κ1) is 13.7. The van der Waals surface area contributed by atoms with Crippen molar-refractivity contribution in [1.29, 1.82) is 0 Å². The van der Waals surface area contributed by atoms with Crippen LogP contribution in [0.3, 0.4) is 0 Å². The zero-order chi connectivity index (χ0) is 13.6. The normalized spacial score (nSPS) is 52.4. The maximum atomic E-state index is 9.70. The van der Waals surface area contributed by atoms with E-state index in [-0.39, 0.29) is 37.8 Å². The van der Waals surface area contributed by atoms with E-state index < -0.39 is 24.6 Å². The maximum absolute atomic E-state index is 9.70. The van der Waals surface area contributed by atoms with E-state index in [1.54, 1.807) is 7.11 Å². The average molecular weight is 278 g/mol. The van der Waals surface area contributed by atoms with Gasteiger partial charge in [-0.15, -0.1) is 0 Å². The van der Waals surface area contributed by atoms with Crippen LogP contribution in [-0.2, 0) is 23.7 Å². The number of hydrogen-bond acceptors (Lipinski definition) is 8. The standard InChI is InChI=1S/C11H18O8/c1-15-11-9-8(19-9)5(18-11)3-16-10-7(14)6(13)4(2-12)17-10/h4-14H,2-3H2,1H3/t4-,5-,6-,7+,8+,9+,10+,11+/m1/s1. The van der Waals surface area contributed by atoms with E-state index >= 15 is 0 Å². The van der Waals surface area contributed by atoms with Crippen molar-refractivity contribution in [2.45, 2.75) is 49.2 Å². The second-order valence-corrected chi connectivity index (χ2v) is 4.88. The molecule has 0 saturated carbocycles. The third-order valence-electron chi connectivity index (χ3n) is 3.66. The van der Waals surface area contributed by atoms with Gasteiger partial charge in [-0.1, -0.05) is 0 Å². The van der Waals surface area contributed by atoms with Crippen LogP contribution in [0.1, 0.15) is 0 Å². The van der Waals surface area contributed by atoms with Crippen LogP contribution < -0.4 is 0 Å². The molecule has 0 aromatic carbocycles. The van der Waals surface area contributed by atoms with Gasteiger partial charge in [0.15, 0.2) is 12.6 Å². The fraction of sp³-hybridized carbons (Fsp3) is 1.00. The minimum Gasteiger partial charge on any atom is -0.394 e. The zero-order valence-electron chi connectivity index (χ0n) is 10.4. The molecule has 0 amide bonds. The lowest BCUT2D eigenvalue weighted by Crippen LogP contribution is -2.36. The number of hydrogen-bond donors (Lipinski definition) is 3. The van der Waals surface area contributed by atoms with Crippen molar-refractivity contribution in [2.75, 3.05) is 20.3 Å². The Balaban J connectivity index is 1.48. The van der Waals surface area contributed by atoms with Crippen molar-refractivity contribution < 1.29 is 39.0 Å². The van der Waals surface area contributed by atoms with Crippen LogP contribution in [0.25, 0.3) is 0 Å². The molecule has 0 spiro atoms. The molecule has 8 nitrogen and oxygen atoms in total. The maximum Gasteiger partial charge on any atom is 0.186 e. The Morgan fingerprint density at radius 1 is 0.947 bits per heavy atom. The second-order valence-electron chi connectivity index (χ2n) is 4.88. The van der Waals surface area contributed by atoms with Crippen molar-refractivity contribution in [3.8, 4) is 0 Å². The Hall–Kier alpha value is -0.320. The fourth-order valence-electron chi connectivity index (χ4n) is 2.50. The van der Waals surface area contributed by atoms with Gasteiger partial charge in [0, 0.05) is 7.11 Å². The van der Waals surface area contributed by atoms with E-state index in [4.69, 9.17) is 28.8 Å². The van der Waals surface area contributed by atoms with Crippen LogP contribution in [0, 0.1) is 0 Å². The third-order valence-corrected chi connectivity index (χ3v) is 3.66. The number of methoxy groups -OCH3 is 1. The molecule has 0 radical (unpaired) electrons. The monoisotopic (exact) mass is 278 g/mol. The fourth-order valence-corrected chi connectivity index (χ4v) is 2.50. The van der Waals surface area contributed by atoms with Gasteiger partial charge in [0.25, 0.3) is 0 Å². The molecule has 8 atom stereocenters. The van der Waals surface area contributed by atoms with Gasteiger partial charge in [-0.05, 0) is 0 Å². The Morgan fingerprint density at radius 3 is 2.26 bits per heavy atom. The van der Waals surface area contributed by atoms with E-state index in [2.05, 4.69) is 0 Å². The van der Waals surface area contributed by atoms with Crippen LogP contribution in [0.2, 0.25) is 0 Å². The lowest BCUT2D eigenvalue weighted by molar-refractivity contribution is -0.211. The molecule has 3 heterocycles. The highest BCUT2D eigenvalue weighted by Crippen LogP contribution is 2.39. The lowest BCUT2D eigenvalue weighted by Gasteiger charge is -2.20. The Labute approximate surface area is 109 Å². The summed E-state index contributed by atoms with van der Waals surface area (Å²) in [6.45, 7) is -0.217. The molecular formula is C11H18O8. The van der Waals surface area contributed by atoms with Crippen LogP contribution in [0.15, 0.2) is 0 Å². The summed E-state index contributed by atoms with van der Waals surface area (Å²) in [5, 5.41) is 28.2. The highest BCUT2D eigenvalue weighted by molar-refractivity contribution is 5.00. The van der Waals surface area contributed by atoms with Crippen LogP contribution in [0.4, 0.5) is 0 Å². The quantitative estimate of drug-likeness (QED) is 0.477. The SMILES string of the molecule is CO[C@H]1O[C@H](CO[C@H]2O[C@H](CO)[C@@H](O)[C@@H]2O)[C@@H]2O[C@H]12. The summed E-state index contributed by atoms with van der Waals surface area (Å²) in [7, 11) is 1.54. The molecule has 0 aliphatic carbocycles. The van der Waals surface area contributed by atoms with E-state index in [1.807, 2.05) is 0 Å². The van der Waals surface area contributed by atoms with Crippen molar-refractivity contribution in [2.24, 2.45) is 0 Å². The number of aliphatic hydroxyl groups excluding tert-OH is 3. The van der Waals surface area contributed by atoms with Gasteiger partial charge in [0.1, 0.15) is 36.6 Å². The molecule has 0 bridgehead atoms. The van der Waals surface area contributed by atoms with Crippen molar-refractivity contribution in [3.05, 3.63) is 0 Å². The first-order valence-corrected chi connectivity index (χ1v) is 6.23. The van der Waals surface area contributed by atoms with Gasteiger partial charge in [0.2, 0.25) is 0 Å². The van der Waals surface area contributed by atoms with E-state index in [9.17, 15) is 10.2 Å². The first-order valence-electron chi connectivity index (χ1n) is 6.23. The van der Waals surface area contributed by atoms with Gasteiger partial charge < -0.3 is 39.0 Å². The Bertz CT molecular complexity index is 326. The summed E-state index contributed by atoms with van der Waals surface area (Å²) in [6, 6.07) is 0. The molecule has 3 saturated heterocycles. The van der Waals surface area contributed by atoms with Gasteiger partial charge in [0.05, 0.1) is 13.2 Å². The molecule has 0 aromatic rings. The second kappa shape index (κ2) is 5.23. The minimum atomic E-state index is -1.19. The number of epoxide rings is 1. The molecule has 0 aromatic heterocycles. The summed E-state index contributed by atoms with van der Waals surface area (Å²) in [5.74, 6) is 0. The van der Waals surface area contributed by atoms with Gasteiger partial charge in [-0.3, -0.25) is 0 Å². The number of fused-ring (bicyclic) bond motifs is 1. The molecule has 0 unspecified atom stereocenters. The van der Waals surface area contributed by atoms with Crippen LogP contribution in [-0.4, -0.2) is 84.8 Å². The number of aliphatic hydroxyl groups is 3. The lowest BCUT2D eigenvalue weighted by atomic mass is 10.1. The van der Waals surface area contributed by atoms with Crippen LogP contribution in [0.5, 0.6) is 0 Å². The third kappa shape index (κ3) is 2.39. The van der Waals surface area contributed by atoms with Crippen LogP contribution >= 0.6 is 0 Å². The predicted molar refractivity (Wildman–Crippen MR) is 58.0 cm³/mol. The highest BCUT2D eigenvalue weighted by atomic mass is 16.8. The Morgan fingerprint density at radius 2 is 1.68 bits per heavy atom. The molecule has 3 rings (SSSR count). The first-order chi connectivity index (χ1) is 9.15. The number of rotatable bonds is 5. The summed E-state index contributed by atoms with van der Waals surface area (Å²) in [6.07, 6.45) is -4.93. The Kier molecular flexibility index (Phi) is 3.76. The van der Waals surface area contributed by atoms with Gasteiger partial charge in [-0.2, -0.15) is 0 Å². The molecular weight excluding hydrogens is 260 g/mol. The summed E-state index contributed by atoms with van der Waals surface area (Å²) in [4.78, 5) is 0. The summed E-state index contributed by atoms with van der Waals surface area (Å²) >= 11 is 0. The van der Waals surface area contributed by atoms with Crippen molar-refractivity contribution in [1.82, 2.24) is 0 Å². The van der Waals surface area contributed by atoms with Crippen molar-refractivity contribution in [3.63, 3.8) is 0 Å². The van der Waals surface area contributed by atoms with Gasteiger partial charge in [-0.25, -0.2) is 0 Å². The van der Waals surface area contributed by atoms with E-state index in [1.165, 1.54) is 0 Å². The van der Waals surface area contributed by atoms with Crippen molar-refractivity contribution >= 4 is 0 Å². The van der Waals surface area contributed by atoms with E-state index in [0.29, 0.717) is 0 Å². The smallest absolute Gasteiger partial charge is 0.186 e. The molecule has 3 aliphatic rings.